The fraction of sp³-hybridized carbons (Fsp3) is 0.538. The Labute approximate surface area is 117 Å². The van der Waals surface area contributed by atoms with Gasteiger partial charge in [0, 0.05) is 19.7 Å². The van der Waals surface area contributed by atoms with Gasteiger partial charge in [-0.05, 0) is 30.5 Å². The Kier molecular flexibility index (Phi) is 5.13. The van der Waals surface area contributed by atoms with Crippen molar-refractivity contribution in [2.75, 3.05) is 20.3 Å². The van der Waals surface area contributed by atoms with Crippen molar-refractivity contribution in [3.63, 3.8) is 0 Å². The van der Waals surface area contributed by atoms with E-state index in [2.05, 4.69) is 5.32 Å². The van der Waals surface area contributed by atoms with Gasteiger partial charge in [-0.3, -0.25) is 0 Å². The first-order chi connectivity index (χ1) is 8.70. The fourth-order valence-electron chi connectivity index (χ4n) is 2.09. The Morgan fingerprint density at radius 2 is 2.11 bits per heavy atom. The maximum absolute atomic E-state index is 6.08. The molecule has 1 atom stereocenters. The Bertz CT molecular complexity index is 383. The summed E-state index contributed by atoms with van der Waals surface area (Å²) < 4.78 is 10.7. The summed E-state index contributed by atoms with van der Waals surface area (Å²) in [4.78, 5) is 0. The van der Waals surface area contributed by atoms with E-state index in [1.165, 1.54) is 0 Å². The van der Waals surface area contributed by atoms with E-state index in [1.54, 1.807) is 7.11 Å². The van der Waals surface area contributed by atoms with Crippen LogP contribution in [0.4, 0.5) is 0 Å². The van der Waals surface area contributed by atoms with E-state index in [9.17, 15) is 0 Å². The Morgan fingerprint density at radius 1 is 1.39 bits per heavy atom. The van der Waals surface area contributed by atoms with Gasteiger partial charge in [0.05, 0.1) is 23.3 Å². The van der Waals surface area contributed by atoms with Gasteiger partial charge in [-0.25, -0.2) is 0 Å². The molecule has 1 heterocycles. The van der Waals surface area contributed by atoms with E-state index in [0.29, 0.717) is 21.9 Å². The molecule has 1 aliphatic heterocycles. The third-order valence-electron chi connectivity index (χ3n) is 2.99. The maximum atomic E-state index is 6.08. The Morgan fingerprint density at radius 3 is 2.67 bits per heavy atom. The Balaban J connectivity index is 1.89. The van der Waals surface area contributed by atoms with Crippen LogP contribution in [0, 0.1) is 0 Å². The van der Waals surface area contributed by atoms with Crippen molar-refractivity contribution in [1.29, 1.82) is 0 Å². The number of methoxy groups -OCH3 is 1. The standard InChI is InChI=1S/C13H17Cl2NO2/c1-17-13-11(14)5-9(6-12(13)15)7-16-8-10-3-2-4-18-10/h5-6,10,16H,2-4,7-8H2,1H3/t10-/m0/s1. The summed E-state index contributed by atoms with van der Waals surface area (Å²) in [5.74, 6) is 0.529. The van der Waals surface area contributed by atoms with Crippen LogP contribution in [0.2, 0.25) is 10.0 Å². The van der Waals surface area contributed by atoms with Crippen LogP contribution >= 0.6 is 23.2 Å². The van der Waals surface area contributed by atoms with Crippen LogP contribution in [0.3, 0.4) is 0 Å². The predicted molar refractivity (Wildman–Crippen MR) is 73.7 cm³/mol. The summed E-state index contributed by atoms with van der Waals surface area (Å²) in [6, 6.07) is 3.74. The molecule has 1 aliphatic rings. The highest BCUT2D eigenvalue weighted by atomic mass is 35.5. The number of hydrogen-bond donors (Lipinski definition) is 1. The van der Waals surface area contributed by atoms with Crippen molar-refractivity contribution < 1.29 is 9.47 Å². The van der Waals surface area contributed by atoms with E-state index >= 15 is 0 Å². The summed E-state index contributed by atoms with van der Waals surface area (Å²) in [5.41, 5.74) is 1.05. The lowest BCUT2D eigenvalue weighted by Gasteiger charge is -2.12. The second-order valence-electron chi connectivity index (χ2n) is 4.36. The van der Waals surface area contributed by atoms with Gasteiger partial charge < -0.3 is 14.8 Å². The number of benzene rings is 1. The molecule has 1 saturated heterocycles. The molecule has 5 heteroatoms. The molecule has 0 bridgehead atoms. The van der Waals surface area contributed by atoms with E-state index in [-0.39, 0.29) is 0 Å². The number of hydrogen-bond acceptors (Lipinski definition) is 3. The van der Waals surface area contributed by atoms with E-state index in [4.69, 9.17) is 32.7 Å². The van der Waals surface area contributed by atoms with Crippen LogP contribution in [0.1, 0.15) is 18.4 Å². The van der Waals surface area contributed by atoms with Crippen molar-refractivity contribution in [3.8, 4) is 5.75 Å². The van der Waals surface area contributed by atoms with Crippen LogP contribution < -0.4 is 10.1 Å². The molecule has 0 saturated carbocycles. The average Bonchev–Trinajstić information content (AvgIpc) is 2.82. The highest BCUT2D eigenvalue weighted by Crippen LogP contribution is 2.33. The first kappa shape index (κ1) is 13.9. The summed E-state index contributed by atoms with van der Waals surface area (Å²) >= 11 is 12.2. The zero-order chi connectivity index (χ0) is 13.0. The molecule has 100 valence electrons. The van der Waals surface area contributed by atoms with Gasteiger partial charge in [-0.2, -0.15) is 0 Å². The van der Waals surface area contributed by atoms with E-state index in [1.807, 2.05) is 12.1 Å². The van der Waals surface area contributed by atoms with Gasteiger partial charge in [0.2, 0.25) is 0 Å². The molecule has 2 rings (SSSR count). The molecule has 1 aromatic carbocycles. The van der Waals surface area contributed by atoms with Crippen LogP contribution in [-0.4, -0.2) is 26.4 Å². The summed E-state index contributed by atoms with van der Waals surface area (Å²) in [6.07, 6.45) is 2.64. The molecular formula is C13H17Cl2NO2. The molecule has 18 heavy (non-hydrogen) atoms. The van der Waals surface area contributed by atoms with Crippen molar-refractivity contribution in [1.82, 2.24) is 5.32 Å². The first-order valence-electron chi connectivity index (χ1n) is 6.05. The first-order valence-corrected chi connectivity index (χ1v) is 6.80. The Hall–Kier alpha value is -0.480. The fourth-order valence-corrected chi connectivity index (χ4v) is 2.78. The van der Waals surface area contributed by atoms with E-state index in [0.717, 1.165) is 38.1 Å². The lowest BCUT2D eigenvalue weighted by molar-refractivity contribution is 0.110. The van der Waals surface area contributed by atoms with Crippen molar-refractivity contribution in [2.24, 2.45) is 0 Å². The second-order valence-corrected chi connectivity index (χ2v) is 5.17. The van der Waals surface area contributed by atoms with Gasteiger partial charge in [0.15, 0.2) is 5.75 Å². The highest BCUT2D eigenvalue weighted by molar-refractivity contribution is 6.37. The summed E-state index contributed by atoms with van der Waals surface area (Å²) in [7, 11) is 1.56. The van der Waals surface area contributed by atoms with Crippen molar-refractivity contribution >= 4 is 23.2 Å². The second kappa shape index (κ2) is 6.62. The summed E-state index contributed by atoms with van der Waals surface area (Å²) in [6.45, 7) is 2.47. The lowest BCUT2D eigenvalue weighted by atomic mass is 10.2. The number of rotatable bonds is 5. The molecule has 1 N–H and O–H groups in total. The van der Waals surface area contributed by atoms with Crippen molar-refractivity contribution in [2.45, 2.75) is 25.5 Å². The third-order valence-corrected chi connectivity index (χ3v) is 3.55. The molecule has 0 radical (unpaired) electrons. The van der Waals surface area contributed by atoms with Crippen LogP contribution in [0.5, 0.6) is 5.75 Å². The molecule has 0 unspecified atom stereocenters. The minimum atomic E-state index is 0.342. The SMILES string of the molecule is COc1c(Cl)cc(CNC[C@@H]2CCCO2)cc1Cl. The van der Waals surface area contributed by atoms with Gasteiger partial charge in [0.1, 0.15) is 0 Å². The predicted octanol–water partition coefficient (Wildman–Crippen LogP) is 3.27. The molecule has 0 aromatic heterocycles. The van der Waals surface area contributed by atoms with Crippen molar-refractivity contribution in [3.05, 3.63) is 27.7 Å². The van der Waals surface area contributed by atoms with E-state index < -0.39 is 0 Å². The molecule has 1 fully saturated rings. The number of halogens is 2. The molecule has 1 aromatic rings. The van der Waals surface area contributed by atoms with Gasteiger partial charge >= 0.3 is 0 Å². The zero-order valence-electron chi connectivity index (χ0n) is 10.3. The molecule has 0 aliphatic carbocycles. The summed E-state index contributed by atoms with van der Waals surface area (Å²) in [5, 5.41) is 4.43. The monoisotopic (exact) mass is 289 g/mol. The maximum Gasteiger partial charge on any atom is 0.156 e. The van der Waals surface area contributed by atoms with Gasteiger partial charge in [0.25, 0.3) is 0 Å². The van der Waals surface area contributed by atoms with Gasteiger partial charge in [-0.15, -0.1) is 0 Å². The third kappa shape index (κ3) is 3.51. The molecule has 3 nitrogen and oxygen atoms in total. The topological polar surface area (TPSA) is 30.5 Å². The smallest absolute Gasteiger partial charge is 0.156 e. The van der Waals surface area contributed by atoms with Crippen LogP contribution in [0.25, 0.3) is 0 Å². The zero-order valence-corrected chi connectivity index (χ0v) is 11.9. The minimum absolute atomic E-state index is 0.342. The largest absolute Gasteiger partial charge is 0.494 e. The molecular weight excluding hydrogens is 273 g/mol. The number of ether oxygens (including phenoxy) is 2. The molecule has 0 amide bonds. The highest BCUT2D eigenvalue weighted by Gasteiger charge is 2.15. The van der Waals surface area contributed by atoms with Gasteiger partial charge in [-0.1, -0.05) is 23.2 Å². The number of nitrogens with one attached hydrogen (secondary N) is 1. The normalized spacial score (nSPS) is 19.2. The average molecular weight is 290 g/mol. The van der Waals surface area contributed by atoms with Crippen LogP contribution in [0.15, 0.2) is 12.1 Å². The lowest BCUT2D eigenvalue weighted by Crippen LogP contribution is -2.25. The minimum Gasteiger partial charge on any atom is -0.494 e. The van der Waals surface area contributed by atoms with Crippen LogP contribution in [-0.2, 0) is 11.3 Å². The molecule has 0 spiro atoms. The quantitative estimate of drug-likeness (QED) is 0.902.